The molecule has 0 saturated carbocycles. The lowest BCUT2D eigenvalue weighted by Gasteiger charge is -2.24. The van der Waals surface area contributed by atoms with E-state index in [-0.39, 0.29) is 4.90 Å². The van der Waals surface area contributed by atoms with Crippen molar-refractivity contribution in [2.75, 3.05) is 38.2 Å². The first-order valence-corrected chi connectivity index (χ1v) is 9.88. The highest BCUT2D eigenvalue weighted by molar-refractivity contribution is 7.89. The molecule has 1 fully saturated rings. The van der Waals surface area contributed by atoms with Gasteiger partial charge in [-0.05, 0) is 42.8 Å². The fourth-order valence-electron chi connectivity index (χ4n) is 3.11. The largest absolute Gasteiger partial charge is 0.495 e. The highest BCUT2D eigenvalue weighted by atomic mass is 32.2. The normalized spacial score (nSPS) is 15.9. The number of methoxy groups -OCH3 is 1. The zero-order valence-electron chi connectivity index (χ0n) is 14.6. The molecule has 1 aliphatic heterocycles. The summed E-state index contributed by atoms with van der Waals surface area (Å²) in [5.41, 5.74) is 1.62. The first-order chi connectivity index (χ1) is 12.6. The third kappa shape index (κ3) is 3.66. The number of nitrogens with zero attached hydrogens (tertiary/aromatic N) is 3. The summed E-state index contributed by atoms with van der Waals surface area (Å²) in [5.74, 6) is 0.362. The van der Waals surface area contributed by atoms with E-state index in [0.717, 1.165) is 18.7 Å². The van der Waals surface area contributed by atoms with E-state index in [1.54, 1.807) is 36.4 Å². The van der Waals surface area contributed by atoms with Crippen molar-refractivity contribution in [3.8, 4) is 11.8 Å². The molecule has 0 amide bonds. The van der Waals surface area contributed by atoms with Gasteiger partial charge >= 0.3 is 0 Å². The molecule has 0 N–H and O–H groups in total. The predicted octanol–water partition coefficient (Wildman–Crippen LogP) is 2.47. The van der Waals surface area contributed by atoms with Gasteiger partial charge in [0.05, 0.1) is 18.7 Å². The molecule has 0 bridgehead atoms. The van der Waals surface area contributed by atoms with Crippen molar-refractivity contribution in [1.82, 2.24) is 4.31 Å². The SMILES string of the molecule is COc1ccccc1S(=O)(=O)N1CCCN(c2ccc(C#N)cc2)CC1. The Morgan fingerprint density at radius 2 is 1.73 bits per heavy atom. The van der Waals surface area contributed by atoms with Crippen molar-refractivity contribution in [1.29, 1.82) is 5.26 Å². The van der Waals surface area contributed by atoms with E-state index in [9.17, 15) is 8.42 Å². The Balaban J connectivity index is 1.78. The third-order valence-corrected chi connectivity index (χ3v) is 6.44. The van der Waals surface area contributed by atoms with Gasteiger partial charge < -0.3 is 9.64 Å². The van der Waals surface area contributed by atoms with E-state index in [4.69, 9.17) is 10.00 Å². The number of anilines is 1. The average Bonchev–Trinajstić information content (AvgIpc) is 2.95. The Morgan fingerprint density at radius 1 is 1.00 bits per heavy atom. The highest BCUT2D eigenvalue weighted by Crippen LogP contribution is 2.27. The van der Waals surface area contributed by atoms with E-state index in [0.29, 0.717) is 30.9 Å². The van der Waals surface area contributed by atoms with Gasteiger partial charge in [0.1, 0.15) is 10.6 Å². The second kappa shape index (κ2) is 7.77. The summed E-state index contributed by atoms with van der Waals surface area (Å²) in [7, 11) is -2.13. The molecule has 7 heteroatoms. The number of rotatable bonds is 4. The van der Waals surface area contributed by atoms with Crippen LogP contribution in [0, 0.1) is 11.3 Å². The lowest BCUT2D eigenvalue weighted by atomic mass is 10.2. The van der Waals surface area contributed by atoms with Crippen molar-refractivity contribution >= 4 is 15.7 Å². The van der Waals surface area contributed by atoms with E-state index < -0.39 is 10.0 Å². The molecule has 3 rings (SSSR count). The molecule has 26 heavy (non-hydrogen) atoms. The summed E-state index contributed by atoms with van der Waals surface area (Å²) in [4.78, 5) is 2.35. The number of benzene rings is 2. The third-order valence-electron chi connectivity index (χ3n) is 4.50. The summed E-state index contributed by atoms with van der Waals surface area (Å²) < 4.78 is 32.8. The number of hydrogen-bond acceptors (Lipinski definition) is 5. The second-order valence-corrected chi connectivity index (χ2v) is 7.96. The van der Waals surface area contributed by atoms with Crippen LogP contribution in [0.25, 0.3) is 0 Å². The Labute approximate surface area is 154 Å². The molecule has 1 heterocycles. The molecule has 2 aromatic carbocycles. The molecular formula is C19H21N3O3S. The van der Waals surface area contributed by atoms with Crippen LogP contribution in [-0.2, 0) is 10.0 Å². The Morgan fingerprint density at radius 3 is 2.42 bits per heavy atom. The van der Waals surface area contributed by atoms with Crippen LogP contribution in [0.2, 0.25) is 0 Å². The maximum atomic E-state index is 13.0. The summed E-state index contributed by atoms with van der Waals surface area (Å²) in [6, 6.07) is 16.2. The minimum atomic E-state index is -3.61. The minimum absolute atomic E-state index is 0.203. The summed E-state index contributed by atoms with van der Waals surface area (Å²) in [6.07, 6.45) is 0.731. The standard InChI is InChI=1S/C19H21N3O3S/c1-25-18-5-2-3-6-19(18)26(23,24)22-12-4-11-21(13-14-22)17-9-7-16(15-20)8-10-17/h2-3,5-10H,4,11-14H2,1H3. The molecule has 1 saturated heterocycles. The smallest absolute Gasteiger partial charge is 0.246 e. The Hall–Kier alpha value is -2.56. The van der Waals surface area contributed by atoms with Crippen LogP contribution in [0.4, 0.5) is 5.69 Å². The van der Waals surface area contributed by atoms with Crippen LogP contribution in [-0.4, -0.2) is 46.0 Å². The van der Waals surface area contributed by atoms with Crippen LogP contribution in [0.3, 0.4) is 0 Å². The molecule has 136 valence electrons. The Bertz CT molecular complexity index is 904. The zero-order chi connectivity index (χ0) is 18.6. The number of sulfonamides is 1. The predicted molar refractivity (Wildman–Crippen MR) is 99.7 cm³/mol. The molecule has 0 aliphatic carbocycles. The molecule has 1 aliphatic rings. The quantitative estimate of drug-likeness (QED) is 0.825. The van der Waals surface area contributed by atoms with Crippen LogP contribution in [0.5, 0.6) is 5.75 Å². The van der Waals surface area contributed by atoms with E-state index >= 15 is 0 Å². The van der Waals surface area contributed by atoms with Gasteiger partial charge in [-0.2, -0.15) is 9.57 Å². The topological polar surface area (TPSA) is 73.6 Å². The maximum absolute atomic E-state index is 13.0. The van der Waals surface area contributed by atoms with E-state index in [1.807, 2.05) is 12.1 Å². The lowest BCUT2D eigenvalue weighted by molar-refractivity contribution is 0.393. The van der Waals surface area contributed by atoms with Crippen LogP contribution in [0.15, 0.2) is 53.4 Å². The van der Waals surface area contributed by atoms with Crippen LogP contribution >= 0.6 is 0 Å². The molecule has 0 atom stereocenters. The fourth-order valence-corrected chi connectivity index (χ4v) is 4.74. The monoisotopic (exact) mass is 371 g/mol. The van der Waals surface area contributed by atoms with Crippen LogP contribution < -0.4 is 9.64 Å². The van der Waals surface area contributed by atoms with Gasteiger partial charge in [0.15, 0.2) is 0 Å². The van der Waals surface area contributed by atoms with Gasteiger partial charge in [0.2, 0.25) is 10.0 Å². The molecule has 0 radical (unpaired) electrons. The minimum Gasteiger partial charge on any atom is -0.495 e. The van der Waals surface area contributed by atoms with Gasteiger partial charge in [0, 0.05) is 31.9 Å². The molecule has 0 spiro atoms. The van der Waals surface area contributed by atoms with Gasteiger partial charge in [0.25, 0.3) is 0 Å². The van der Waals surface area contributed by atoms with Gasteiger partial charge in [-0.1, -0.05) is 12.1 Å². The molecule has 0 aromatic heterocycles. The fraction of sp³-hybridized carbons (Fsp3) is 0.316. The average molecular weight is 371 g/mol. The van der Waals surface area contributed by atoms with Crippen LogP contribution in [0.1, 0.15) is 12.0 Å². The molecule has 0 unspecified atom stereocenters. The number of ether oxygens (including phenoxy) is 1. The first kappa shape index (κ1) is 18.2. The van der Waals surface area contributed by atoms with E-state index in [1.165, 1.54) is 11.4 Å². The van der Waals surface area contributed by atoms with Crippen molar-refractivity contribution in [2.24, 2.45) is 0 Å². The van der Waals surface area contributed by atoms with Crippen molar-refractivity contribution in [2.45, 2.75) is 11.3 Å². The lowest BCUT2D eigenvalue weighted by Crippen LogP contribution is -2.35. The van der Waals surface area contributed by atoms with Gasteiger partial charge in [-0.15, -0.1) is 0 Å². The number of nitriles is 1. The number of hydrogen-bond donors (Lipinski definition) is 0. The van der Waals surface area contributed by atoms with Crippen molar-refractivity contribution in [3.05, 3.63) is 54.1 Å². The van der Waals surface area contributed by atoms with E-state index in [2.05, 4.69) is 11.0 Å². The summed E-state index contributed by atoms with van der Waals surface area (Å²) in [6.45, 7) is 2.23. The van der Waals surface area contributed by atoms with Crippen molar-refractivity contribution < 1.29 is 13.2 Å². The molecule has 6 nitrogen and oxygen atoms in total. The van der Waals surface area contributed by atoms with Crippen molar-refractivity contribution in [3.63, 3.8) is 0 Å². The van der Waals surface area contributed by atoms with Gasteiger partial charge in [-0.3, -0.25) is 0 Å². The highest BCUT2D eigenvalue weighted by Gasteiger charge is 2.29. The summed E-state index contributed by atoms with van der Waals surface area (Å²) >= 11 is 0. The zero-order valence-corrected chi connectivity index (χ0v) is 15.4. The Kier molecular flexibility index (Phi) is 5.45. The number of para-hydroxylation sites is 1. The first-order valence-electron chi connectivity index (χ1n) is 8.44. The second-order valence-electron chi connectivity index (χ2n) is 6.05. The van der Waals surface area contributed by atoms with Gasteiger partial charge in [-0.25, -0.2) is 8.42 Å². The maximum Gasteiger partial charge on any atom is 0.246 e. The molecular weight excluding hydrogens is 350 g/mol. The molecule has 2 aromatic rings. The summed E-state index contributed by atoms with van der Waals surface area (Å²) in [5, 5.41) is 8.91.